The molecule has 2 N–H and O–H groups in total. The average Bonchev–Trinajstić information content (AvgIpc) is 2.44. The van der Waals surface area contributed by atoms with Gasteiger partial charge in [0, 0.05) is 18.7 Å². The van der Waals surface area contributed by atoms with Gasteiger partial charge in [-0.05, 0) is 19.4 Å². The summed E-state index contributed by atoms with van der Waals surface area (Å²) in [5, 5.41) is 12.7. The Kier molecular flexibility index (Phi) is 7.04. The predicted molar refractivity (Wildman–Crippen MR) is 76.7 cm³/mol. The lowest BCUT2D eigenvalue weighted by Gasteiger charge is -2.16. The third-order valence-corrected chi connectivity index (χ3v) is 2.85. The van der Waals surface area contributed by atoms with Crippen LogP contribution in [0.2, 0.25) is 0 Å². The highest BCUT2D eigenvalue weighted by molar-refractivity contribution is 5.77. The summed E-state index contributed by atoms with van der Waals surface area (Å²) in [4.78, 5) is 11.7. The van der Waals surface area contributed by atoms with Gasteiger partial charge >= 0.3 is 0 Å². The Bertz CT molecular complexity index is 422. The Morgan fingerprint density at radius 3 is 2.75 bits per heavy atom. The van der Waals surface area contributed by atoms with Gasteiger partial charge in [-0.25, -0.2) is 0 Å². The lowest BCUT2D eigenvalue weighted by Crippen LogP contribution is -2.38. The summed E-state index contributed by atoms with van der Waals surface area (Å²) in [6.07, 6.45) is 0.0129. The van der Waals surface area contributed by atoms with Gasteiger partial charge in [-0.15, -0.1) is 0 Å². The second kappa shape index (κ2) is 8.55. The maximum Gasteiger partial charge on any atom is 0.258 e. The van der Waals surface area contributed by atoms with Crippen molar-refractivity contribution in [1.29, 1.82) is 0 Å². The number of carbonyl (C=O) groups is 1. The van der Waals surface area contributed by atoms with E-state index in [0.717, 1.165) is 0 Å². The molecule has 0 aliphatic rings. The van der Waals surface area contributed by atoms with Crippen molar-refractivity contribution in [1.82, 2.24) is 5.32 Å². The number of hydrogen-bond donors (Lipinski definition) is 2. The van der Waals surface area contributed by atoms with Gasteiger partial charge < -0.3 is 19.9 Å². The van der Waals surface area contributed by atoms with E-state index in [4.69, 9.17) is 9.47 Å². The number of carbonyl (C=O) groups excluding carboxylic acids is 1. The minimum Gasteiger partial charge on any atom is -0.483 e. The zero-order valence-electron chi connectivity index (χ0n) is 12.3. The molecule has 1 rings (SSSR count). The molecule has 0 saturated carbocycles. The highest BCUT2D eigenvalue weighted by atomic mass is 16.5. The summed E-state index contributed by atoms with van der Waals surface area (Å²) in [6, 6.07) is 7.14. The van der Waals surface area contributed by atoms with Gasteiger partial charge in [0.2, 0.25) is 0 Å². The number of ether oxygens (including phenoxy) is 2. The van der Waals surface area contributed by atoms with Crippen LogP contribution in [0.25, 0.3) is 0 Å². The molecule has 0 spiro atoms. The Labute approximate surface area is 119 Å². The molecule has 0 saturated heterocycles. The molecule has 1 aromatic rings. The van der Waals surface area contributed by atoms with E-state index in [2.05, 4.69) is 5.32 Å². The molecule has 0 heterocycles. The van der Waals surface area contributed by atoms with Crippen molar-refractivity contribution in [2.24, 2.45) is 0 Å². The molecular weight excluding hydrogens is 258 g/mol. The normalized spacial score (nSPS) is 13.6. The van der Waals surface area contributed by atoms with E-state index < -0.39 is 6.10 Å². The standard InChI is InChI=1S/C15H23NO4/c1-4-13(17)12-7-5-6-8-14(12)20-10-15(18)16-11(2)9-19-3/h5-8,11,13,17H,4,9-10H2,1-3H3,(H,16,18). The molecule has 5 nitrogen and oxygen atoms in total. The molecule has 5 heteroatoms. The van der Waals surface area contributed by atoms with Crippen LogP contribution in [0.5, 0.6) is 5.75 Å². The van der Waals surface area contributed by atoms with E-state index in [-0.39, 0.29) is 18.6 Å². The van der Waals surface area contributed by atoms with Crippen molar-refractivity contribution in [2.45, 2.75) is 32.4 Å². The fourth-order valence-electron chi connectivity index (χ4n) is 1.86. The van der Waals surface area contributed by atoms with Gasteiger partial charge in [0.15, 0.2) is 6.61 Å². The van der Waals surface area contributed by atoms with Crippen LogP contribution in [-0.4, -0.2) is 37.4 Å². The lowest BCUT2D eigenvalue weighted by atomic mass is 10.1. The Hall–Kier alpha value is -1.59. The maximum absolute atomic E-state index is 11.7. The van der Waals surface area contributed by atoms with Crippen LogP contribution in [0.1, 0.15) is 31.9 Å². The summed E-state index contributed by atoms with van der Waals surface area (Å²) < 4.78 is 10.4. The van der Waals surface area contributed by atoms with Crippen LogP contribution in [0.15, 0.2) is 24.3 Å². The molecule has 2 unspecified atom stereocenters. The van der Waals surface area contributed by atoms with Crippen molar-refractivity contribution in [3.8, 4) is 5.75 Å². The quantitative estimate of drug-likeness (QED) is 0.760. The van der Waals surface area contributed by atoms with E-state index in [0.29, 0.717) is 24.3 Å². The van der Waals surface area contributed by atoms with Crippen molar-refractivity contribution >= 4 is 5.91 Å². The van der Waals surface area contributed by atoms with Gasteiger partial charge in [-0.2, -0.15) is 0 Å². The number of benzene rings is 1. The molecular formula is C15H23NO4. The summed E-state index contributed by atoms with van der Waals surface area (Å²) in [6.45, 7) is 4.12. The predicted octanol–water partition coefficient (Wildman–Crippen LogP) is 1.66. The zero-order chi connectivity index (χ0) is 15.0. The first-order chi connectivity index (χ1) is 9.58. The maximum atomic E-state index is 11.7. The molecule has 0 fully saturated rings. The van der Waals surface area contributed by atoms with Crippen LogP contribution in [0.4, 0.5) is 0 Å². The first-order valence-corrected chi connectivity index (χ1v) is 6.76. The number of nitrogens with one attached hydrogen (secondary N) is 1. The molecule has 0 aliphatic carbocycles. The second-order valence-electron chi connectivity index (χ2n) is 4.67. The fraction of sp³-hybridized carbons (Fsp3) is 0.533. The molecule has 0 bridgehead atoms. The van der Waals surface area contributed by atoms with Gasteiger partial charge in [-0.1, -0.05) is 25.1 Å². The van der Waals surface area contributed by atoms with Crippen molar-refractivity contribution in [3.63, 3.8) is 0 Å². The first-order valence-electron chi connectivity index (χ1n) is 6.76. The Morgan fingerprint density at radius 2 is 2.10 bits per heavy atom. The Balaban J connectivity index is 2.55. The van der Waals surface area contributed by atoms with Crippen LogP contribution >= 0.6 is 0 Å². The number of para-hydroxylation sites is 1. The molecule has 2 atom stereocenters. The van der Waals surface area contributed by atoms with E-state index in [9.17, 15) is 9.90 Å². The Morgan fingerprint density at radius 1 is 1.40 bits per heavy atom. The second-order valence-corrected chi connectivity index (χ2v) is 4.67. The van der Waals surface area contributed by atoms with Gasteiger partial charge in [0.25, 0.3) is 5.91 Å². The molecule has 112 valence electrons. The summed E-state index contributed by atoms with van der Waals surface area (Å²) in [7, 11) is 1.58. The number of rotatable bonds is 8. The monoisotopic (exact) mass is 281 g/mol. The zero-order valence-corrected chi connectivity index (χ0v) is 12.3. The summed E-state index contributed by atoms with van der Waals surface area (Å²) in [5.74, 6) is 0.326. The van der Waals surface area contributed by atoms with Crippen LogP contribution in [0, 0.1) is 0 Å². The molecule has 20 heavy (non-hydrogen) atoms. The van der Waals surface area contributed by atoms with E-state index in [1.165, 1.54) is 0 Å². The smallest absolute Gasteiger partial charge is 0.258 e. The highest BCUT2D eigenvalue weighted by Crippen LogP contribution is 2.26. The highest BCUT2D eigenvalue weighted by Gasteiger charge is 2.13. The molecule has 0 radical (unpaired) electrons. The molecule has 0 aliphatic heterocycles. The minimum atomic E-state index is -0.582. The van der Waals surface area contributed by atoms with E-state index >= 15 is 0 Å². The summed E-state index contributed by atoms with van der Waals surface area (Å²) >= 11 is 0. The number of aliphatic hydroxyl groups is 1. The SMILES string of the molecule is CCC(O)c1ccccc1OCC(=O)NC(C)COC. The third kappa shape index (κ3) is 5.19. The van der Waals surface area contributed by atoms with Crippen LogP contribution in [-0.2, 0) is 9.53 Å². The van der Waals surface area contributed by atoms with E-state index in [1.54, 1.807) is 19.2 Å². The van der Waals surface area contributed by atoms with Crippen molar-refractivity contribution < 1.29 is 19.4 Å². The van der Waals surface area contributed by atoms with Crippen molar-refractivity contribution in [3.05, 3.63) is 29.8 Å². The fourth-order valence-corrected chi connectivity index (χ4v) is 1.86. The number of hydrogen-bond acceptors (Lipinski definition) is 4. The third-order valence-electron chi connectivity index (χ3n) is 2.85. The molecule has 0 aromatic heterocycles. The van der Waals surface area contributed by atoms with E-state index in [1.807, 2.05) is 26.0 Å². The topological polar surface area (TPSA) is 67.8 Å². The van der Waals surface area contributed by atoms with Crippen LogP contribution < -0.4 is 10.1 Å². The van der Waals surface area contributed by atoms with Gasteiger partial charge in [0.05, 0.1) is 12.7 Å². The van der Waals surface area contributed by atoms with Crippen LogP contribution in [0.3, 0.4) is 0 Å². The van der Waals surface area contributed by atoms with Gasteiger partial charge in [0.1, 0.15) is 5.75 Å². The lowest BCUT2D eigenvalue weighted by molar-refractivity contribution is -0.124. The minimum absolute atomic E-state index is 0.0624. The molecule has 1 amide bonds. The first kappa shape index (κ1) is 16.5. The number of amides is 1. The number of aliphatic hydroxyl groups excluding tert-OH is 1. The van der Waals surface area contributed by atoms with Crippen molar-refractivity contribution in [2.75, 3.05) is 20.3 Å². The average molecular weight is 281 g/mol. The summed E-state index contributed by atoms with van der Waals surface area (Å²) in [5.41, 5.74) is 0.702. The molecule has 1 aromatic carbocycles. The van der Waals surface area contributed by atoms with Gasteiger partial charge in [-0.3, -0.25) is 4.79 Å². The largest absolute Gasteiger partial charge is 0.483 e. The number of methoxy groups -OCH3 is 1.